The van der Waals surface area contributed by atoms with Crippen molar-refractivity contribution < 1.29 is 14.4 Å². The van der Waals surface area contributed by atoms with Gasteiger partial charge >= 0.3 is 0 Å². The van der Waals surface area contributed by atoms with Crippen LogP contribution in [0.1, 0.15) is 105 Å². The smallest absolute Gasteiger partial charge is 0.237 e. The topological polar surface area (TPSA) is 92.8 Å². The third-order valence-electron chi connectivity index (χ3n) is 12.3. The van der Waals surface area contributed by atoms with Crippen LogP contribution in [0.25, 0.3) is 0 Å². The van der Waals surface area contributed by atoms with Crippen LogP contribution in [-0.4, -0.2) is 27.0 Å². The Morgan fingerprint density at radius 2 is 1.70 bits per heavy atom. The van der Waals surface area contributed by atoms with E-state index in [1.807, 2.05) is 19.1 Å². The van der Waals surface area contributed by atoms with Gasteiger partial charge in [-0.05, 0) is 79.6 Å². The Morgan fingerprint density at radius 3 is 2.35 bits per heavy atom. The highest BCUT2D eigenvalue weighted by atomic mass is 16.2. The molecule has 1 aromatic rings. The van der Waals surface area contributed by atoms with Gasteiger partial charge in [-0.15, -0.1) is 0 Å². The van der Waals surface area contributed by atoms with Crippen LogP contribution in [0, 0.1) is 56.2 Å². The first-order valence-corrected chi connectivity index (χ1v) is 15.1. The highest BCUT2D eigenvalue weighted by molar-refractivity contribution is 6.02. The predicted molar refractivity (Wildman–Crippen MR) is 154 cm³/mol. The fourth-order valence-corrected chi connectivity index (χ4v) is 9.11. The maximum absolute atomic E-state index is 14.2. The number of allylic oxidation sites excluding steroid dienone is 4. The van der Waals surface area contributed by atoms with Crippen molar-refractivity contribution in [1.82, 2.24) is 9.55 Å². The van der Waals surface area contributed by atoms with E-state index in [4.69, 9.17) is 0 Å². The molecular weight excluding hydrogens is 498 g/mol. The van der Waals surface area contributed by atoms with E-state index in [1.165, 1.54) is 0 Å². The molecule has 2 saturated carbocycles. The predicted octanol–water partition coefficient (Wildman–Crippen LogP) is 7.13. The monoisotopic (exact) mass is 543 g/mol. The maximum Gasteiger partial charge on any atom is 0.237 e. The van der Waals surface area contributed by atoms with E-state index in [9.17, 15) is 19.6 Å². The van der Waals surface area contributed by atoms with E-state index in [1.54, 1.807) is 23.3 Å². The number of carbonyl (C=O) groups excluding carboxylic acids is 3. The molecule has 1 aromatic heterocycles. The number of nitriles is 1. The summed E-state index contributed by atoms with van der Waals surface area (Å²) in [6.07, 6.45) is 15.5. The van der Waals surface area contributed by atoms with E-state index in [0.717, 1.165) is 50.5 Å². The summed E-state index contributed by atoms with van der Waals surface area (Å²) in [7, 11) is 0. The van der Waals surface area contributed by atoms with Gasteiger partial charge in [0.1, 0.15) is 12.4 Å². The Labute approximate surface area is 239 Å². The molecule has 0 saturated heterocycles. The summed E-state index contributed by atoms with van der Waals surface area (Å²) in [6, 6.07) is 2.16. The second kappa shape index (κ2) is 9.36. The molecule has 6 heteroatoms. The van der Waals surface area contributed by atoms with E-state index in [2.05, 4.69) is 52.6 Å². The van der Waals surface area contributed by atoms with Gasteiger partial charge in [-0.3, -0.25) is 19.0 Å². The van der Waals surface area contributed by atoms with E-state index < -0.39 is 10.8 Å². The molecule has 6 nitrogen and oxygen atoms in total. The molecule has 0 bridgehead atoms. The van der Waals surface area contributed by atoms with Crippen molar-refractivity contribution in [2.24, 2.45) is 44.8 Å². The van der Waals surface area contributed by atoms with Gasteiger partial charge in [-0.25, -0.2) is 4.98 Å². The Balaban J connectivity index is 1.63. The van der Waals surface area contributed by atoms with Crippen molar-refractivity contribution >= 4 is 17.5 Å². The Morgan fingerprint density at radius 1 is 1.00 bits per heavy atom. The maximum atomic E-state index is 14.2. The summed E-state index contributed by atoms with van der Waals surface area (Å²) in [6.45, 7) is 15.4. The molecule has 0 aliphatic heterocycles. The lowest BCUT2D eigenvalue weighted by molar-refractivity contribution is -0.135. The molecule has 0 radical (unpaired) electrons. The van der Waals surface area contributed by atoms with E-state index in [0.29, 0.717) is 6.42 Å². The molecular formula is C34H45N3O3. The number of ketones is 2. The van der Waals surface area contributed by atoms with Crippen LogP contribution in [-0.2, 0) is 9.59 Å². The van der Waals surface area contributed by atoms with Crippen LogP contribution < -0.4 is 0 Å². The van der Waals surface area contributed by atoms with Gasteiger partial charge in [0.2, 0.25) is 5.91 Å². The summed E-state index contributed by atoms with van der Waals surface area (Å²) in [5.41, 5.74) is -0.446. The third-order valence-corrected chi connectivity index (χ3v) is 12.3. The van der Waals surface area contributed by atoms with Gasteiger partial charge in [-0.2, -0.15) is 5.26 Å². The van der Waals surface area contributed by atoms with Crippen LogP contribution in [0.5, 0.6) is 0 Å². The minimum absolute atomic E-state index is 0.00708. The normalized spacial score (nSPS) is 41.4. The van der Waals surface area contributed by atoms with Crippen molar-refractivity contribution in [3.63, 3.8) is 0 Å². The largest absolute Gasteiger partial charge is 0.295 e. The zero-order valence-electron chi connectivity index (χ0n) is 25.3. The molecule has 214 valence electrons. The van der Waals surface area contributed by atoms with Crippen LogP contribution in [0.15, 0.2) is 42.0 Å². The van der Waals surface area contributed by atoms with Crippen molar-refractivity contribution in [2.45, 2.75) is 99.8 Å². The van der Waals surface area contributed by atoms with Crippen molar-refractivity contribution in [3.8, 4) is 6.07 Å². The molecule has 4 aliphatic carbocycles. The molecule has 4 aliphatic rings. The highest BCUT2D eigenvalue weighted by Crippen LogP contribution is 2.69. The Hall–Kier alpha value is -2.81. The van der Waals surface area contributed by atoms with Crippen molar-refractivity contribution in [3.05, 3.63) is 42.0 Å². The number of hydrogen-bond donors (Lipinski definition) is 0. The fourth-order valence-electron chi connectivity index (χ4n) is 9.11. The van der Waals surface area contributed by atoms with Gasteiger partial charge in [0.25, 0.3) is 0 Å². The molecule has 1 heterocycles. The standard InChI is InChI=1S/C34H45N3O3/c1-22-24-9-11-34(7)27(32(24,5)19-23(20-35)28(22)39)18-26(38)25-8-10-30(2,3)12-13-31(4,14-15-33(25,34)6)29(40)37-17-16-36-21-37/h16-19,21-22,24-25H,8-15H2,1-7H3/t22-,24-,25?,31-,32-,33+,34+/m0/s1. The van der Waals surface area contributed by atoms with Gasteiger partial charge < -0.3 is 0 Å². The van der Waals surface area contributed by atoms with E-state index in [-0.39, 0.29) is 57.0 Å². The Bertz CT molecular complexity index is 1350. The fraction of sp³-hybridized carbons (Fsp3) is 0.676. The lowest BCUT2D eigenvalue weighted by Gasteiger charge is -2.63. The second-order valence-corrected chi connectivity index (χ2v) is 15.1. The van der Waals surface area contributed by atoms with Crippen LogP contribution in [0.3, 0.4) is 0 Å². The summed E-state index contributed by atoms with van der Waals surface area (Å²) in [5.74, 6) is -0.148. The van der Waals surface area contributed by atoms with Crippen molar-refractivity contribution in [2.75, 3.05) is 0 Å². The first-order valence-electron chi connectivity index (χ1n) is 15.1. The molecule has 0 amide bonds. The van der Waals surface area contributed by atoms with Gasteiger partial charge in [-0.1, -0.05) is 60.1 Å². The summed E-state index contributed by atoms with van der Waals surface area (Å²) >= 11 is 0. The number of aromatic nitrogens is 2. The summed E-state index contributed by atoms with van der Waals surface area (Å²) in [4.78, 5) is 45.2. The highest BCUT2D eigenvalue weighted by Gasteiger charge is 2.64. The van der Waals surface area contributed by atoms with Crippen LogP contribution in [0.2, 0.25) is 0 Å². The van der Waals surface area contributed by atoms with Crippen molar-refractivity contribution in [1.29, 1.82) is 5.26 Å². The minimum atomic E-state index is -0.579. The summed E-state index contributed by atoms with van der Waals surface area (Å²) < 4.78 is 1.62. The van der Waals surface area contributed by atoms with Gasteiger partial charge in [0, 0.05) is 35.1 Å². The molecule has 40 heavy (non-hydrogen) atoms. The molecule has 1 unspecified atom stereocenters. The average molecular weight is 544 g/mol. The lowest BCUT2D eigenvalue weighted by atomic mass is 9.39. The number of nitrogens with zero attached hydrogens (tertiary/aromatic N) is 3. The van der Waals surface area contributed by atoms with Crippen LogP contribution in [0.4, 0.5) is 0 Å². The van der Waals surface area contributed by atoms with Crippen LogP contribution >= 0.6 is 0 Å². The minimum Gasteiger partial charge on any atom is -0.295 e. The van der Waals surface area contributed by atoms with E-state index >= 15 is 0 Å². The molecule has 0 spiro atoms. The molecule has 5 rings (SSSR count). The number of fused-ring (bicyclic) bond motifs is 5. The molecule has 0 N–H and O–H groups in total. The lowest BCUT2D eigenvalue weighted by Crippen LogP contribution is -2.58. The number of rotatable bonds is 1. The third kappa shape index (κ3) is 4.10. The quantitative estimate of drug-likeness (QED) is 0.375. The number of Topliss-reactive ketones (excluding diaryl/α,β-unsaturated/α-hetero) is 1. The number of imidazole rings is 1. The molecule has 2 fully saturated rings. The number of hydrogen-bond acceptors (Lipinski definition) is 5. The SMILES string of the molecule is C[C@@H]1C(=O)C(C#N)=C[C@]2(C)C3=CC(=O)C4CCC(C)(C)CC[C@](C)(C(=O)n5ccnc5)CC[C@@]4(C)[C@]3(C)CC[C@@H]12. The molecule has 7 atom stereocenters. The van der Waals surface area contributed by atoms with Gasteiger partial charge in [0.15, 0.2) is 11.6 Å². The first-order chi connectivity index (χ1) is 18.6. The Kier molecular flexibility index (Phi) is 6.72. The summed E-state index contributed by atoms with van der Waals surface area (Å²) in [5, 5.41) is 9.83. The molecule has 0 aromatic carbocycles. The zero-order chi connectivity index (χ0) is 29.3. The van der Waals surface area contributed by atoms with Gasteiger partial charge in [0.05, 0.1) is 5.57 Å². The average Bonchev–Trinajstić information content (AvgIpc) is 3.44. The first kappa shape index (κ1) is 28.7. The zero-order valence-corrected chi connectivity index (χ0v) is 25.3. The second-order valence-electron chi connectivity index (χ2n) is 15.1. The number of carbonyl (C=O) groups is 3.